The van der Waals surface area contributed by atoms with Gasteiger partial charge in [0.15, 0.2) is 6.10 Å². The Morgan fingerprint density at radius 3 is 2.42 bits per heavy atom. The van der Waals surface area contributed by atoms with E-state index < -0.39 is 32.1 Å². The fourth-order valence-electron chi connectivity index (χ4n) is 3.13. The van der Waals surface area contributed by atoms with E-state index in [0.717, 1.165) is 4.31 Å². The van der Waals surface area contributed by atoms with Crippen LogP contribution in [0.4, 0.5) is 5.69 Å². The number of nitrogens with one attached hydrogen (secondary N) is 1. The number of sulfonamides is 2. The van der Waals surface area contributed by atoms with Crippen molar-refractivity contribution in [1.29, 1.82) is 0 Å². The second-order valence-corrected chi connectivity index (χ2v) is 11.7. The second kappa shape index (κ2) is 9.98. The van der Waals surface area contributed by atoms with Crippen LogP contribution in [0.2, 0.25) is 0 Å². The van der Waals surface area contributed by atoms with Gasteiger partial charge >= 0.3 is 0 Å². The largest absolute Gasteiger partial charge is 0.492 e. The summed E-state index contributed by atoms with van der Waals surface area (Å²) in [6, 6.07) is 12.6. The van der Waals surface area contributed by atoms with Crippen molar-refractivity contribution in [3.63, 3.8) is 0 Å². The van der Waals surface area contributed by atoms with Gasteiger partial charge in [-0.25, -0.2) is 21.1 Å². The molecule has 0 fully saturated rings. The third-order valence-electron chi connectivity index (χ3n) is 5.00. The highest BCUT2D eigenvalue weighted by atomic mass is 32.2. The topological polar surface area (TPSA) is 122 Å². The SMILES string of the molecule is CCS(=O)(=O)N1C[C@@H](C(=O)NCCOc2ccc(S(=O)(=O)N(C)C)cc2)Oc2ccccc21. The second-order valence-electron chi connectivity index (χ2n) is 7.40. The van der Waals surface area contributed by atoms with Crippen LogP contribution in [0.3, 0.4) is 0 Å². The van der Waals surface area contributed by atoms with Crippen molar-refractivity contribution in [3.05, 3.63) is 48.5 Å². The van der Waals surface area contributed by atoms with Crippen LogP contribution < -0.4 is 19.1 Å². The first kappa shape index (κ1) is 24.8. The molecule has 180 valence electrons. The van der Waals surface area contributed by atoms with Gasteiger partial charge < -0.3 is 14.8 Å². The number of ether oxygens (including phenoxy) is 2. The van der Waals surface area contributed by atoms with E-state index in [9.17, 15) is 21.6 Å². The summed E-state index contributed by atoms with van der Waals surface area (Å²) in [7, 11) is -4.20. The van der Waals surface area contributed by atoms with Crippen molar-refractivity contribution in [2.45, 2.75) is 17.9 Å². The first-order chi connectivity index (χ1) is 15.6. The maximum atomic E-state index is 12.6. The Morgan fingerprint density at radius 2 is 1.79 bits per heavy atom. The molecular formula is C21H27N3O7S2. The predicted molar refractivity (Wildman–Crippen MR) is 123 cm³/mol. The van der Waals surface area contributed by atoms with Gasteiger partial charge in [-0.2, -0.15) is 0 Å². The minimum absolute atomic E-state index is 0.0991. The molecule has 2 aromatic carbocycles. The predicted octanol–water partition coefficient (Wildman–Crippen LogP) is 1.05. The fourth-order valence-corrected chi connectivity index (χ4v) is 5.16. The van der Waals surface area contributed by atoms with E-state index >= 15 is 0 Å². The van der Waals surface area contributed by atoms with Gasteiger partial charge in [0, 0.05) is 14.1 Å². The van der Waals surface area contributed by atoms with Crippen LogP contribution in [-0.4, -0.2) is 72.7 Å². The van der Waals surface area contributed by atoms with Gasteiger partial charge in [-0.1, -0.05) is 12.1 Å². The maximum absolute atomic E-state index is 12.6. The number of amides is 1. The highest BCUT2D eigenvalue weighted by Crippen LogP contribution is 2.35. The van der Waals surface area contributed by atoms with E-state index in [1.54, 1.807) is 31.2 Å². The number of benzene rings is 2. The van der Waals surface area contributed by atoms with E-state index in [-0.39, 0.29) is 30.3 Å². The van der Waals surface area contributed by atoms with Crippen molar-refractivity contribution >= 4 is 31.6 Å². The molecule has 1 atom stereocenters. The summed E-state index contributed by atoms with van der Waals surface area (Å²) in [5.74, 6) is 0.213. The zero-order valence-corrected chi connectivity index (χ0v) is 20.2. The van der Waals surface area contributed by atoms with Crippen molar-refractivity contribution in [2.24, 2.45) is 0 Å². The summed E-state index contributed by atoms with van der Waals surface area (Å²) in [5.41, 5.74) is 0.409. The van der Waals surface area contributed by atoms with Crippen LogP contribution in [0, 0.1) is 0 Å². The number of fused-ring (bicyclic) bond motifs is 1. The molecule has 12 heteroatoms. The van der Waals surface area contributed by atoms with E-state index in [1.165, 1.54) is 42.7 Å². The van der Waals surface area contributed by atoms with E-state index in [4.69, 9.17) is 9.47 Å². The molecule has 0 aliphatic carbocycles. The van der Waals surface area contributed by atoms with Crippen LogP contribution in [0.15, 0.2) is 53.4 Å². The van der Waals surface area contributed by atoms with Gasteiger partial charge in [0.1, 0.15) is 18.1 Å². The molecule has 0 saturated carbocycles. The number of hydrogen-bond acceptors (Lipinski definition) is 7. The van der Waals surface area contributed by atoms with Gasteiger partial charge in [-0.3, -0.25) is 9.10 Å². The Kier molecular flexibility index (Phi) is 7.50. The summed E-state index contributed by atoms with van der Waals surface area (Å²) in [4.78, 5) is 12.8. The maximum Gasteiger partial charge on any atom is 0.263 e. The van der Waals surface area contributed by atoms with E-state index in [2.05, 4.69) is 5.32 Å². The first-order valence-electron chi connectivity index (χ1n) is 10.3. The molecule has 0 aromatic heterocycles. The summed E-state index contributed by atoms with van der Waals surface area (Å²) in [5, 5.41) is 2.68. The molecule has 10 nitrogen and oxygen atoms in total. The Bertz CT molecular complexity index is 1200. The van der Waals surface area contributed by atoms with Crippen LogP contribution in [0.5, 0.6) is 11.5 Å². The number of hydrogen-bond donors (Lipinski definition) is 1. The minimum Gasteiger partial charge on any atom is -0.492 e. The quantitative estimate of drug-likeness (QED) is 0.514. The molecule has 0 saturated heterocycles. The van der Waals surface area contributed by atoms with Gasteiger partial charge in [0.25, 0.3) is 5.91 Å². The molecule has 0 bridgehead atoms. The van der Waals surface area contributed by atoms with Gasteiger partial charge in [0.2, 0.25) is 20.0 Å². The molecule has 2 aromatic rings. The average molecular weight is 498 g/mol. The molecule has 1 amide bonds. The Labute approximate surface area is 194 Å². The van der Waals surface area contributed by atoms with Gasteiger partial charge in [0.05, 0.1) is 29.4 Å². The highest BCUT2D eigenvalue weighted by molar-refractivity contribution is 7.92. The average Bonchev–Trinajstić information content (AvgIpc) is 2.81. The molecule has 0 radical (unpaired) electrons. The summed E-state index contributed by atoms with van der Waals surface area (Å²) >= 11 is 0. The number of carbonyl (C=O) groups is 1. The number of anilines is 1. The van der Waals surface area contributed by atoms with Gasteiger partial charge in [-0.05, 0) is 43.3 Å². The molecule has 1 heterocycles. The van der Waals surface area contributed by atoms with E-state index in [0.29, 0.717) is 17.2 Å². The lowest BCUT2D eigenvalue weighted by Gasteiger charge is -2.34. The summed E-state index contributed by atoms with van der Waals surface area (Å²) in [6.07, 6.45) is -1.00. The fraction of sp³-hybridized carbons (Fsp3) is 0.381. The van der Waals surface area contributed by atoms with Crippen LogP contribution >= 0.6 is 0 Å². The van der Waals surface area contributed by atoms with Crippen LogP contribution in [0.25, 0.3) is 0 Å². The van der Waals surface area contributed by atoms with E-state index in [1.807, 2.05) is 0 Å². The zero-order chi connectivity index (χ0) is 24.2. The van der Waals surface area contributed by atoms with Crippen LogP contribution in [0.1, 0.15) is 6.92 Å². The number of carbonyl (C=O) groups excluding carboxylic acids is 1. The van der Waals surface area contributed by atoms with Gasteiger partial charge in [-0.15, -0.1) is 0 Å². The molecule has 1 N–H and O–H groups in total. The van der Waals surface area contributed by atoms with Crippen LogP contribution in [-0.2, 0) is 24.8 Å². The lowest BCUT2D eigenvalue weighted by Crippen LogP contribution is -2.51. The summed E-state index contributed by atoms with van der Waals surface area (Å²) in [6.45, 7) is 1.70. The van der Waals surface area contributed by atoms with Crippen molar-refractivity contribution < 1.29 is 31.1 Å². The Hall–Kier alpha value is -2.83. The highest BCUT2D eigenvalue weighted by Gasteiger charge is 2.35. The van der Waals surface area contributed by atoms with Crippen molar-refractivity contribution in [1.82, 2.24) is 9.62 Å². The van der Waals surface area contributed by atoms with Crippen molar-refractivity contribution in [2.75, 3.05) is 43.8 Å². The molecular weight excluding hydrogens is 470 g/mol. The molecule has 1 aliphatic heterocycles. The zero-order valence-electron chi connectivity index (χ0n) is 18.6. The molecule has 1 aliphatic rings. The number of para-hydroxylation sites is 2. The third-order valence-corrected chi connectivity index (χ3v) is 8.58. The normalized spacial score (nSPS) is 16.1. The first-order valence-corrected chi connectivity index (χ1v) is 13.3. The number of nitrogens with zero attached hydrogens (tertiary/aromatic N) is 2. The minimum atomic E-state index is -3.58. The Balaban J connectivity index is 1.56. The number of rotatable bonds is 9. The molecule has 0 spiro atoms. The lowest BCUT2D eigenvalue weighted by atomic mass is 10.2. The molecule has 3 rings (SSSR count). The van der Waals surface area contributed by atoms with Crippen molar-refractivity contribution in [3.8, 4) is 11.5 Å². The molecule has 0 unspecified atom stereocenters. The third kappa shape index (κ3) is 5.57. The molecule has 33 heavy (non-hydrogen) atoms. The smallest absolute Gasteiger partial charge is 0.263 e. The lowest BCUT2D eigenvalue weighted by molar-refractivity contribution is -0.127. The standard InChI is InChI=1S/C21H27N3O7S2/c1-4-32(26,27)24-15-20(31-19-8-6-5-7-18(19)24)21(25)22-13-14-30-16-9-11-17(12-10-16)33(28,29)23(2)3/h5-12,20H,4,13-15H2,1-3H3,(H,22,25)/t20-/m0/s1. The monoisotopic (exact) mass is 497 g/mol. The summed E-state index contributed by atoms with van der Waals surface area (Å²) < 4.78 is 62.8. The Morgan fingerprint density at radius 1 is 1.12 bits per heavy atom.